The number of carboxylic acids is 1. The number of ketones is 1. The first-order chi connectivity index (χ1) is 15.2. The first-order valence-electron chi connectivity index (χ1n) is 10.4. The van der Waals surface area contributed by atoms with Gasteiger partial charge < -0.3 is 23.7 Å². The number of piperazine rings is 1. The Morgan fingerprint density at radius 3 is 2.50 bits per heavy atom. The van der Waals surface area contributed by atoms with E-state index in [1.54, 1.807) is 13.0 Å². The molecule has 1 aromatic heterocycles. The third-order valence-corrected chi connectivity index (χ3v) is 7.76. The van der Waals surface area contributed by atoms with Crippen LogP contribution in [0.3, 0.4) is 0 Å². The predicted molar refractivity (Wildman–Crippen MR) is 115 cm³/mol. The number of halogens is 1. The number of aryl methyl sites for hydroxylation is 1. The van der Waals surface area contributed by atoms with Gasteiger partial charge in [0, 0.05) is 31.7 Å². The van der Waals surface area contributed by atoms with Gasteiger partial charge >= 0.3 is 11.8 Å². The fraction of sp³-hybridized carbons (Fsp3) is 0.476. The highest BCUT2D eigenvalue weighted by atomic mass is 32.2. The highest BCUT2D eigenvalue weighted by molar-refractivity contribution is 8.02. The molecule has 0 aliphatic carbocycles. The van der Waals surface area contributed by atoms with Crippen LogP contribution < -0.4 is 15.6 Å². The van der Waals surface area contributed by atoms with Gasteiger partial charge in [-0.3, -0.25) is 14.5 Å². The lowest BCUT2D eigenvalue weighted by atomic mass is 9.89. The summed E-state index contributed by atoms with van der Waals surface area (Å²) >= 11 is 1.44. The molecular formula is C21H22FN3O6S. The maximum absolute atomic E-state index is 15.1. The van der Waals surface area contributed by atoms with Crippen LogP contribution in [0.4, 0.5) is 15.8 Å². The summed E-state index contributed by atoms with van der Waals surface area (Å²) in [7, 11) is 0. The van der Waals surface area contributed by atoms with Crippen molar-refractivity contribution >= 4 is 34.9 Å². The number of benzene rings is 1. The molecule has 0 amide bonds. The number of rotatable bonds is 4. The van der Waals surface area contributed by atoms with Gasteiger partial charge in [0.15, 0.2) is 11.5 Å². The van der Waals surface area contributed by atoms with E-state index in [4.69, 9.17) is 8.83 Å². The number of Topliss-reactive ketones (excluding diaryl/α,β-unsaturated/α-hetero) is 1. The summed E-state index contributed by atoms with van der Waals surface area (Å²) in [6.45, 7) is 6.42. The fourth-order valence-corrected chi connectivity index (χ4v) is 6.06. The van der Waals surface area contributed by atoms with Gasteiger partial charge in [-0.15, -0.1) is 11.8 Å². The van der Waals surface area contributed by atoms with E-state index in [0.717, 1.165) is 0 Å². The Morgan fingerprint density at radius 2 is 1.91 bits per heavy atom. The Kier molecular flexibility index (Phi) is 5.05. The molecule has 3 aliphatic rings. The maximum Gasteiger partial charge on any atom is 0.519 e. The van der Waals surface area contributed by atoms with Crippen LogP contribution in [0.15, 0.2) is 25.8 Å². The lowest BCUT2D eigenvalue weighted by Gasteiger charge is -2.53. The van der Waals surface area contributed by atoms with Gasteiger partial charge in [0.25, 0.3) is 0 Å². The smallest absolute Gasteiger partial charge is 0.481 e. The summed E-state index contributed by atoms with van der Waals surface area (Å²) in [6.07, 6.45) is 0. The topological polar surface area (TPSA) is 107 Å². The standard InChI is InChI=1S/C21H22FN3O6S/c1-10-16(31-21(29)30-10)9-23-3-5-24(6-4-23)15-8-14-12(7-13(15)22)18(26)17(20(27)28)19-25(14)11(2)32-19/h7-8,11,17,19H,3-6,9H2,1-2H3,(H,27,28)/t11-,17+,19-/m1/s1. The second kappa shape index (κ2) is 7.66. The summed E-state index contributed by atoms with van der Waals surface area (Å²) in [4.78, 5) is 41.6. The lowest BCUT2D eigenvalue weighted by molar-refractivity contribution is -0.140. The minimum atomic E-state index is -1.19. The minimum Gasteiger partial charge on any atom is -0.481 e. The van der Waals surface area contributed by atoms with Crippen LogP contribution in [0.5, 0.6) is 0 Å². The second-order valence-electron chi connectivity index (χ2n) is 8.23. The van der Waals surface area contributed by atoms with Gasteiger partial charge in [-0.25, -0.2) is 9.18 Å². The zero-order chi connectivity index (χ0) is 22.7. The van der Waals surface area contributed by atoms with Crippen molar-refractivity contribution in [3.8, 4) is 0 Å². The van der Waals surface area contributed by atoms with Crippen LogP contribution in [-0.2, 0) is 11.3 Å². The zero-order valence-corrected chi connectivity index (χ0v) is 18.4. The lowest BCUT2D eigenvalue weighted by Crippen LogP contribution is -2.60. The molecule has 2 fully saturated rings. The van der Waals surface area contributed by atoms with Crippen molar-refractivity contribution in [2.24, 2.45) is 5.92 Å². The van der Waals surface area contributed by atoms with Gasteiger partial charge in [-0.05, 0) is 26.0 Å². The molecule has 3 aliphatic heterocycles. The van der Waals surface area contributed by atoms with E-state index in [1.807, 2.05) is 16.7 Å². The molecule has 0 bridgehead atoms. The molecule has 1 N–H and O–H groups in total. The number of hydrogen-bond acceptors (Lipinski definition) is 9. The van der Waals surface area contributed by atoms with Crippen molar-refractivity contribution < 1.29 is 27.9 Å². The second-order valence-corrected chi connectivity index (χ2v) is 9.67. The van der Waals surface area contributed by atoms with E-state index in [2.05, 4.69) is 4.90 Å². The third-order valence-electron chi connectivity index (χ3n) is 6.36. The van der Waals surface area contributed by atoms with Crippen molar-refractivity contribution in [1.82, 2.24) is 4.90 Å². The Balaban J connectivity index is 1.37. The normalized spacial score (nSPS) is 25.3. The van der Waals surface area contributed by atoms with E-state index < -0.39 is 34.7 Å². The zero-order valence-electron chi connectivity index (χ0n) is 17.5. The molecule has 2 saturated heterocycles. The highest BCUT2D eigenvalue weighted by Crippen LogP contribution is 2.51. The molecule has 4 heterocycles. The number of thioether (sulfide) groups is 1. The van der Waals surface area contributed by atoms with Crippen LogP contribution >= 0.6 is 11.8 Å². The summed E-state index contributed by atoms with van der Waals surface area (Å²) in [6, 6.07) is 2.86. The summed E-state index contributed by atoms with van der Waals surface area (Å²) in [5.74, 6) is -3.22. The van der Waals surface area contributed by atoms with Crippen LogP contribution in [0.2, 0.25) is 0 Å². The quantitative estimate of drug-likeness (QED) is 0.678. The van der Waals surface area contributed by atoms with E-state index >= 15 is 4.39 Å². The molecule has 0 spiro atoms. The van der Waals surface area contributed by atoms with Crippen molar-refractivity contribution in [2.45, 2.75) is 31.1 Å². The number of fused-ring (bicyclic) bond motifs is 3. The molecule has 0 saturated carbocycles. The number of carbonyl (C=O) groups is 2. The Morgan fingerprint density at radius 1 is 1.19 bits per heavy atom. The molecular weight excluding hydrogens is 441 g/mol. The number of hydrogen-bond donors (Lipinski definition) is 1. The number of aliphatic carboxylic acids is 1. The number of nitrogens with zero attached hydrogens (tertiary/aromatic N) is 3. The van der Waals surface area contributed by atoms with E-state index in [1.165, 1.54) is 17.8 Å². The van der Waals surface area contributed by atoms with Crippen molar-refractivity contribution in [2.75, 3.05) is 36.0 Å². The fourth-order valence-electron chi connectivity index (χ4n) is 4.65. The van der Waals surface area contributed by atoms with Crippen LogP contribution in [-0.4, -0.2) is 58.7 Å². The van der Waals surface area contributed by atoms with Gasteiger partial charge in [0.2, 0.25) is 0 Å². The molecule has 5 rings (SSSR count). The molecule has 170 valence electrons. The first kappa shape index (κ1) is 21.1. The van der Waals surface area contributed by atoms with Crippen molar-refractivity contribution in [3.63, 3.8) is 0 Å². The monoisotopic (exact) mass is 463 g/mol. The molecule has 1 aromatic carbocycles. The molecule has 9 nitrogen and oxygen atoms in total. The average Bonchev–Trinajstić information content (AvgIpc) is 3.05. The van der Waals surface area contributed by atoms with Gasteiger partial charge in [0.05, 0.1) is 28.7 Å². The minimum absolute atomic E-state index is 0.0108. The SMILES string of the molecule is Cc1oc(=O)oc1CN1CCN(c2cc3c(cc2F)C(=O)[C@H](C(=O)O)[C@H]2S[C@H](C)N32)CC1. The predicted octanol–water partition coefficient (Wildman–Crippen LogP) is 2.12. The van der Waals surface area contributed by atoms with Gasteiger partial charge in [-0.2, -0.15) is 0 Å². The average molecular weight is 463 g/mol. The summed E-state index contributed by atoms with van der Waals surface area (Å²) < 4.78 is 25.0. The van der Waals surface area contributed by atoms with Crippen LogP contribution in [0, 0.1) is 18.7 Å². The van der Waals surface area contributed by atoms with E-state index in [0.29, 0.717) is 55.6 Å². The van der Waals surface area contributed by atoms with Crippen LogP contribution in [0.25, 0.3) is 0 Å². The largest absolute Gasteiger partial charge is 0.519 e. The third kappa shape index (κ3) is 3.30. The van der Waals surface area contributed by atoms with Gasteiger partial charge in [0.1, 0.15) is 17.5 Å². The van der Waals surface area contributed by atoms with Crippen molar-refractivity contribution in [3.05, 3.63) is 45.7 Å². The molecule has 0 unspecified atom stereocenters. The number of anilines is 2. The number of carboxylic acid groups (broad SMARTS) is 1. The molecule has 0 radical (unpaired) electrons. The van der Waals surface area contributed by atoms with E-state index in [-0.39, 0.29) is 10.9 Å². The van der Waals surface area contributed by atoms with Crippen molar-refractivity contribution in [1.29, 1.82) is 0 Å². The van der Waals surface area contributed by atoms with Crippen LogP contribution in [0.1, 0.15) is 28.8 Å². The molecule has 2 aromatic rings. The van der Waals surface area contributed by atoms with E-state index in [9.17, 15) is 19.5 Å². The highest BCUT2D eigenvalue weighted by Gasteiger charge is 2.53. The number of carbonyl (C=O) groups excluding carboxylic acids is 1. The molecule has 11 heteroatoms. The summed E-state index contributed by atoms with van der Waals surface area (Å²) in [5.41, 5.74) is 1.13. The summed E-state index contributed by atoms with van der Waals surface area (Å²) in [5, 5.41) is 9.07. The Labute approximate surface area is 186 Å². The molecule has 3 atom stereocenters. The Hall–Kier alpha value is -2.79. The first-order valence-corrected chi connectivity index (χ1v) is 11.3. The Bertz CT molecular complexity index is 1150. The van der Waals surface area contributed by atoms with Gasteiger partial charge in [-0.1, -0.05) is 0 Å². The molecule has 32 heavy (non-hydrogen) atoms. The maximum atomic E-state index is 15.1.